The van der Waals surface area contributed by atoms with Crippen molar-refractivity contribution < 1.29 is 19.1 Å². The van der Waals surface area contributed by atoms with Gasteiger partial charge in [-0.15, -0.1) is 0 Å². The second-order valence-corrected chi connectivity index (χ2v) is 4.24. The molecule has 1 aliphatic rings. The Balaban J connectivity index is 2.52. The van der Waals surface area contributed by atoms with Crippen molar-refractivity contribution in [2.45, 2.75) is 38.8 Å². The highest BCUT2D eigenvalue weighted by atomic mass is 16.5. The molecule has 1 heterocycles. The summed E-state index contributed by atoms with van der Waals surface area (Å²) in [7, 11) is 0. The van der Waals surface area contributed by atoms with Crippen molar-refractivity contribution in [1.29, 1.82) is 0 Å². The number of hydrogen-bond acceptors (Lipinski definition) is 5. The number of likely N-dealkylation sites (N-methyl/N-ethyl adjacent to an activating group) is 1. The molecule has 0 saturated carbocycles. The molecule has 0 aromatic rings. The van der Waals surface area contributed by atoms with Crippen LogP contribution in [0.5, 0.6) is 0 Å². The molecule has 0 aliphatic carbocycles. The zero-order valence-corrected chi connectivity index (χ0v) is 11.1. The van der Waals surface area contributed by atoms with Gasteiger partial charge in [0.05, 0.1) is 12.7 Å². The number of carbonyl (C=O) groups is 2. The highest BCUT2D eigenvalue weighted by molar-refractivity contribution is 6.01. The number of nitrogens with zero attached hydrogens (tertiary/aromatic N) is 1. The first kappa shape index (κ1) is 14.9. The summed E-state index contributed by atoms with van der Waals surface area (Å²) >= 11 is 0. The maximum Gasteiger partial charge on any atom is 0.332 e. The highest BCUT2D eigenvalue weighted by Gasteiger charge is 2.29. The summed E-state index contributed by atoms with van der Waals surface area (Å²) in [5.74, 6) is -1.07. The van der Waals surface area contributed by atoms with Crippen molar-refractivity contribution >= 4 is 11.9 Å². The third-order valence-electron chi connectivity index (χ3n) is 2.95. The fraction of sp³-hybridized carbons (Fsp3) is 0.833. The third kappa shape index (κ3) is 3.96. The average Bonchev–Trinajstić information content (AvgIpc) is 2.87. The molecule has 1 fully saturated rings. The fourth-order valence-corrected chi connectivity index (χ4v) is 1.94. The van der Waals surface area contributed by atoms with Crippen molar-refractivity contribution in [2.75, 3.05) is 26.3 Å². The number of nitrogens with two attached hydrogens (primary N) is 1. The second kappa shape index (κ2) is 7.33. The molecule has 6 nitrogen and oxygen atoms in total. The Labute approximate surface area is 107 Å². The SMILES string of the molecule is CCOC(=O)C(N)C(=O)N(CC)CC1CCCO1. The van der Waals surface area contributed by atoms with Gasteiger partial charge >= 0.3 is 5.97 Å². The molecular formula is C12H22N2O4. The summed E-state index contributed by atoms with van der Waals surface area (Å²) in [4.78, 5) is 25.0. The Morgan fingerprint density at radius 3 is 2.72 bits per heavy atom. The van der Waals surface area contributed by atoms with Gasteiger partial charge in [0.25, 0.3) is 5.91 Å². The summed E-state index contributed by atoms with van der Waals surface area (Å²) in [6.45, 7) is 5.48. The summed E-state index contributed by atoms with van der Waals surface area (Å²) in [6, 6.07) is -1.23. The van der Waals surface area contributed by atoms with E-state index in [1.807, 2.05) is 6.92 Å². The summed E-state index contributed by atoms with van der Waals surface area (Å²) in [5.41, 5.74) is 5.59. The zero-order valence-electron chi connectivity index (χ0n) is 11.1. The van der Waals surface area contributed by atoms with E-state index in [4.69, 9.17) is 15.2 Å². The molecule has 0 spiro atoms. The van der Waals surface area contributed by atoms with Crippen LogP contribution in [0.25, 0.3) is 0 Å². The minimum absolute atomic E-state index is 0.0586. The zero-order chi connectivity index (χ0) is 13.5. The van der Waals surface area contributed by atoms with Crippen molar-refractivity contribution in [1.82, 2.24) is 4.90 Å². The largest absolute Gasteiger partial charge is 0.464 e. The molecule has 1 saturated heterocycles. The van der Waals surface area contributed by atoms with Crippen LogP contribution in [0.1, 0.15) is 26.7 Å². The Hall–Kier alpha value is -1.14. The Kier molecular flexibility index (Phi) is 6.07. The summed E-state index contributed by atoms with van der Waals surface area (Å²) in [5, 5.41) is 0. The maximum atomic E-state index is 12.0. The average molecular weight is 258 g/mol. The maximum absolute atomic E-state index is 12.0. The normalized spacial score (nSPS) is 20.5. The quantitative estimate of drug-likeness (QED) is 0.531. The third-order valence-corrected chi connectivity index (χ3v) is 2.95. The summed E-state index contributed by atoms with van der Waals surface area (Å²) < 4.78 is 10.2. The molecule has 1 amide bonds. The van der Waals surface area contributed by atoms with Crippen molar-refractivity contribution in [3.63, 3.8) is 0 Å². The molecule has 18 heavy (non-hydrogen) atoms. The van der Waals surface area contributed by atoms with Crippen LogP contribution in [0.3, 0.4) is 0 Å². The molecular weight excluding hydrogens is 236 g/mol. The van der Waals surface area contributed by atoms with Crippen LogP contribution in [0, 0.1) is 0 Å². The van der Waals surface area contributed by atoms with Crippen LogP contribution in [0.15, 0.2) is 0 Å². The van der Waals surface area contributed by atoms with Crippen molar-refractivity contribution in [2.24, 2.45) is 5.73 Å². The molecule has 2 unspecified atom stereocenters. The molecule has 1 rings (SSSR count). The van der Waals surface area contributed by atoms with Crippen LogP contribution in [0.4, 0.5) is 0 Å². The Morgan fingerprint density at radius 2 is 2.22 bits per heavy atom. The van der Waals surface area contributed by atoms with Gasteiger partial charge in [0.2, 0.25) is 0 Å². The lowest BCUT2D eigenvalue weighted by Crippen LogP contribution is -2.50. The minimum Gasteiger partial charge on any atom is -0.464 e. The van der Waals surface area contributed by atoms with E-state index in [2.05, 4.69) is 0 Å². The molecule has 0 radical (unpaired) electrons. The standard InChI is InChI=1S/C12H22N2O4/c1-3-14(8-9-6-5-7-18-9)11(15)10(13)12(16)17-4-2/h9-10H,3-8,13H2,1-2H3. The lowest BCUT2D eigenvalue weighted by Gasteiger charge is -2.25. The molecule has 6 heteroatoms. The van der Waals surface area contributed by atoms with Crippen LogP contribution >= 0.6 is 0 Å². The van der Waals surface area contributed by atoms with Crippen molar-refractivity contribution in [3.05, 3.63) is 0 Å². The molecule has 0 aromatic carbocycles. The number of rotatable bonds is 6. The van der Waals surface area contributed by atoms with Gasteiger partial charge < -0.3 is 20.1 Å². The number of ether oxygens (including phenoxy) is 2. The number of carbonyl (C=O) groups excluding carboxylic acids is 2. The number of hydrogen-bond donors (Lipinski definition) is 1. The topological polar surface area (TPSA) is 81.9 Å². The lowest BCUT2D eigenvalue weighted by molar-refractivity contribution is -0.151. The van der Waals surface area contributed by atoms with Crippen LogP contribution in [-0.4, -0.2) is 55.2 Å². The van der Waals surface area contributed by atoms with Crippen LogP contribution in [0.2, 0.25) is 0 Å². The van der Waals surface area contributed by atoms with E-state index in [9.17, 15) is 9.59 Å². The van der Waals surface area contributed by atoms with Crippen LogP contribution < -0.4 is 5.73 Å². The van der Waals surface area contributed by atoms with E-state index in [-0.39, 0.29) is 12.7 Å². The molecule has 2 atom stereocenters. The molecule has 104 valence electrons. The predicted molar refractivity (Wildman–Crippen MR) is 65.8 cm³/mol. The molecule has 0 aromatic heterocycles. The first-order valence-electron chi connectivity index (χ1n) is 6.42. The van der Waals surface area contributed by atoms with Crippen molar-refractivity contribution in [3.8, 4) is 0 Å². The van der Waals surface area contributed by atoms with E-state index in [1.165, 1.54) is 0 Å². The smallest absolute Gasteiger partial charge is 0.332 e. The summed E-state index contributed by atoms with van der Waals surface area (Å²) in [6.07, 6.45) is 2.02. The first-order chi connectivity index (χ1) is 8.60. The Morgan fingerprint density at radius 1 is 1.50 bits per heavy atom. The van der Waals surface area contributed by atoms with E-state index in [1.54, 1.807) is 11.8 Å². The van der Waals surface area contributed by atoms with Gasteiger partial charge in [-0.25, -0.2) is 4.79 Å². The second-order valence-electron chi connectivity index (χ2n) is 4.24. The lowest BCUT2D eigenvalue weighted by atomic mass is 10.2. The van der Waals surface area contributed by atoms with E-state index in [0.29, 0.717) is 13.1 Å². The predicted octanol–water partition coefficient (Wildman–Crippen LogP) is -0.0957. The van der Waals surface area contributed by atoms with Gasteiger partial charge in [-0.3, -0.25) is 4.79 Å². The van der Waals surface area contributed by atoms with E-state index in [0.717, 1.165) is 19.4 Å². The Bertz CT molecular complexity index is 290. The van der Waals surface area contributed by atoms with Gasteiger partial charge in [-0.1, -0.05) is 0 Å². The van der Waals surface area contributed by atoms with Gasteiger partial charge in [0.15, 0.2) is 6.04 Å². The van der Waals surface area contributed by atoms with Gasteiger partial charge in [0, 0.05) is 19.7 Å². The fourth-order valence-electron chi connectivity index (χ4n) is 1.94. The first-order valence-corrected chi connectivity index (χ1v) is 6.42. The van der Waals surface area contributed by atoms with Crippen LogP contribution in [-0.2, 0) is 19.1 Å². The molecule has 1 aliphatic heterocycles. The van der Waals surface area contributed by atoms with Gasteiger partial charge in [-0.2, -0.15) is 0 Å². The van der Waals surface area contributed by atoms with Gasteiger partial charge in [0.1, 0.15) is 0 Å². The number of amides is 1. The monoisotopic (exact) mass is 258 g/mol. The van der Waals surface area contributed by atoms with Gasteiger partial charge in [-0.05, 0) is 26.7 Å². The van der Waals surface area contributed by atoms with E-state index < -0.39 is 17.9 Å². The van der Waals surface area contributed by atoms with E-state index >= 15 is 0 Å². The minimum atomic E-state index is -1.23. The number of esters is 1. The highest BCUT2D eigenvalue weighted by Crippen LogP contribution is 2.13. The molecule has 2 N–H and O–H groups in total. The molecule has 0 bridgehead atoms.